The molecule has 0 spiro atoms. The first-order valence-electron chi connectivity index (χ1n) is 7.59. The Kier molecular flexibility index (Phi) is 3.81. The summed E-state index contributed by atoms with van der Waals surface area (Å²) < 4.78 is 5.76. The van der Waals surface area contributed by atoms with Crippen LogP contribution in [0.15, 0.2) is 35.9 Å². The summed E-state index contributed by atoms with van der Waals surface area (Å²) in [6.45, 7) is 5.49. The number of hydrogen-bond donors (Lipinski definition) is 0. The van der Waals surface area contributed by atoms with Crippen molar-refractivity contribution in [3.05, 3.63) is 41.5 Å². The molecular weight excluding hydrogens is 268 g/mol. The SMILES string of the molecule is CC1(C)CC(CC2CCOc3ccccc32)=CC(Cl)C1. The number of hydrogen-bond acceptors (Lipinski definition) is 1. The number of para-hydroxylation sites is 1. The molecule has 20 heavy (non-hydrogen) atoms. The van der Waals surface area contributed by atoms with Crippen molar-refractivity contribution in [1.82, 2.24) is 0 Å². The van der Waals surface area contributed by atoms with Crippen molar-refractivity contribution < 1.29 is 4.74 Å². The largest absolute Gasteiger partial charge is 0.493 e. The maximum absolute atomic E-state index is 6.41. The van der Waals surface area contributed by atoms with Crippen LogP contribution in [0.3, 0.4) is 0 Å². The summed E-state index contributed by atoms with van der Waals surface area (Å²) in [7, 11) is 0. The van der Waals surface area contributed by atoms with Gasteiger partial charge in [0.2, 0.25) is 0 Å². The number of allylic oxidation sites excluding steroid dienone is 2. The van der Waals surface area contributed by atoms with Gasteiger partial charge in [0, 0.05) is 0 Å². The lowest BCUT2D eigenvalue weighted by Gasteiger charge is -2.34. The minimum Gasteiger partial charge on any atom is -0.493 e. The summed E-state index contributed by atoms with van der Waals surface area (Å²) in [5, 5.41) is 0.198. The summed E-state index contributed by atoms with van der Waals surface area (Å²) in [5.41, 5.74) is 3.23. The van der Waals surface area contributed by atoms with Gasteiger partial charge in [0.15, 0.2) is 0 Å². The third kappa shape index (κ3) is 3.03. The monoisotopic (exact) mass is 290 g/mol. The normalized spacial score (nSPS) is 28.2. The van der Waals surface area contributed by atoms with Gasteiger partial charge in [0.1, 0.15) is 5.75 Å². The minimum absolute atomic E-state index is 0.198. The molecule has 0 bridgehead atoms. The van der Waals surface area contributed by atoms with Gasteiger partial charge >= 0.3 is 0 Å². The molecule has 1 aromatic carbocycles. The number of benzene rings is 1. The molecule has 2 heteroatoms. The minimum atomic E-state index is 0.198. The Hall–Kier alpha value is -0.950. The van der Waals surface area contributed by atoms with Gasteiger partial charge in [-0.3, -0.25) is 0 Å². The Morgan fingerprint density at radius 1 is 1.30 bits per heavy atom. The molecule has 2 aliphatic rings. The lowest BCUT2D eigenvalue weighted by Crippen LogP contribution is -2.23. The Morgan fingerprint density at radius 3 is 2.90 bits per heavy atom. The molecule has 1 nitrogen and oxygen atoms in total. The zero-order valence-electron chi connectivity index (χ0n) is 12.4. The van der Waals surface area contributed by atoms with Crippen LogP contribution in [0.5, 0.6) is 5.75 Å². The second-order valence-corrected chi connectivity index (χ2v) is 7.52. The second kappa shape index (κ2) is 5.44. The fourth-order valence-corrected chi connectivity index (χ4v) is 4.27. The van der Waals surface area contributed by atoms with E-state index >= 15 is 0 Å². The van der Waals surface area contributed by atoms with Crippen LogP contribution in [0.25, 0.3) is 0 Å². The van der Waals surface area contributed by atoms with E-state index in [-0.39, 0.29) is 5.38 Å². The van der Waals surface area contributed by atoms with Gasteiger partial charge in [-0.1, -0.05) is 43.7 Å². The molecule has 1 aliphatic heterocycles. The van der Waals surface area contributed by atoms with Gasteiger partial charge < -0.3 is 4.74 Å². The van der Waals surface area contributed by atoms with Crippen LogP contribution in [-0.2, 0) is 0 Å². The van der Waals surface area contributed by atoms with Crippen LogP contribution in [-0.4, -0.2) is 12.0 Å². The predicted molar refractivity (Wildman–Crippen MR) is 84.7 cm³/mol. The molecule has 0 saturated heterocycles. The number of halogens is 1. The lowest BCUT2D eigenvalue weighted by molar-refractivity contribution is 0.261. The van der Waals surface area contributed by atoms with Gasteiger partial charge in [-0.05, 0) is 48.6 Å². The summed E-state index contributed by atoms with van der Waals surface area (Å²) in [4.78, 5) is 0. The molecular formula is C18H23ClO. The van der Waals surface area contributed by atoms with Crippen molar-refractivity contribution in [2.75, 3.05) is 6.61 Å². The van der Waals surface area contributed by atoms with E-state index in [9.17, 15) is 0 Å². The van der Waals surface area contributed by atoms with Crippen LogP contribution >= 0.6 is 11.6 Å². The van der Waals surface area contributed by atoms with E-state index in [4.69, 9.17) is 16.3 Å². The first kappa shape index (κ1) is 14.0. The Bertz CT molecular complexity index is 518. The molecule has 3 rings (SSSR count). The zero-order valence-corrected chi connectivity index (χ0v) is 13.1. The van der Waals surface area contributed by atoms with Crippen LogP contribution in [0.1, 0.15) is 51.0 Å². The van der Waals surface area contributed by atoms with Gasteiger partial charge in [-0.15, -0.1) is 11.6 Å². The smallest absolute Gasteiger partial charge is 0.122 e. The average Bonchev–Trinajstić information content (AvgIpc) is 2.37. The predicted octanol–water partition coefficient (Wildman–Crippen LogP) is 5.30. The van der Waals surface area contributed by atoms with Crippen LogP contribution in [0.4, 0.5) is 0 Å². The molecule has 108 valence electrons. The van der Waals surface area contributed by atoms with Crippen LogP contribution in [0, 0.1) is 5.41 Å². The fraction of sp³-hybridized carbons (Fsp3) is 0.556. The fourth-order valence-electron chi connectivity index (χ4n) is 3.67. The standard InChI is InChI=1S/C18H23ClO/c1-18(2)11-13(10-15(19)12-18)9-14-7-8-20-17-6-4-3-5-16(14)17/h3-6,10,14-15H,7-9,11-12H2,1-2H3. The number of ether oxygens (including phenoxy) is 1. The number of alkyl halides is 1. The van der Waals surface area contributed by atoms with Gasteiger partial charge in [-0.25, -0.2) is 0 Å². The molecule has 0 fully saturated rings. The van der Waals surface area contributed by atoms with Crippen LogP contribution in [0.2, 0.25) is 0 Å². The highest BCUT2D eigenvalue weighted by atomic mass is 35.5. The Morgan fingerprint density at radius 2 is 2.10 bits per heavy atom. The van der Waals surface area contributed by atoms with E-state index < -0.39 is 0 Å². The zero-order chi connectivity index (χ0) is 14.2. The number of rotatable bonds is 2. The van der Waals surface area contributed by atoms with Gasteiger partial charge in [0.25, 0.3) is 0 Å². The maximum Gasteiger partial charge on any atom is 0.122 e. The van der Waals surface area contributed by atoms with Crippen molar-refractivity contribution in [1.29, 1.82) is 0 Å². The topological polar surface area (TPSA) is 9.23 Å². The second-order valence-electron chi connectivity index (χ2n) is 6.96. The summed E-state index contributed by atoms with van der Waals surface area (Å²) >= 11 is 6.41. The molecule has 2 atom stereocenters. The summed E-state index contributed by atoms with van der Waals surface area (Å²) in [5.74, 6) is 1.66. The Balaban J connectivity index is 1.79. The van der Waals surface area contributed by atoms with E-state index in [1.165, 1.54) is 17.6 Å². The van der Waals surface area contributed by atoms with Crippen molar-refractivity contribution in [2.24, 2.45) is 5.41 Å². The lowest BCUT2D eigenvalue weighted by atomic mass is 9.74. The first-order valence-corrected chi connectivity index (χ1v) is 8.02. The molecule has 1 aromatic rings. The van der Waals surface area contributed by atoms with E-state index in [2.05, 4.69) is 44.2 Å². The molecule has 0 aromatic heterocycles. The summed E-state index contributed by atoms with van der Waals surface area (Å²) in [6.07, 6.45) is 6.80. The van der Waals surface area contributed by atoms with Crippen molar-refractivity contribution >= 4 is 11.6 Å². The third-order valence-corrected chi connectivity index (χ3v) is 4.74. The number of fused-ring (bicyclic) bond motifs is 1. The van der Waals surface area contributed by atoms with E-state index in [0.29, 0.717) is 11.3 Å². The molecule has 0 N–H and O–H groups in total. The third-order valence-electron chi connectivity index (χ3n) is 4.46. The van der Waals surface area contributed by atoms with Gasteiger partial charge in [-0.2, -0.15) is 0 Å². The molecule has 1 aliphatic carbocycles. The first-order chi connectivity index (χ1) is 9.53. The maximum atomic E-state index is 6.41. The average molecular weight is 291 g/mol. The van der Waals surface area contributed by atoms with E-state index in [1.54, 1.807) is 0 Å². The van der Waals surface area contributed by atoms with Crippen molar-refractivity contribution in [3.8, 4) is 5.75 Å². The highest BCUT2D eigenvalue weighted by Gasteiger charge is 2.30. The molecule has 0 amide bonds. The van der Waals surface area contributed by atoms with E-state index in [1.807, 2.05) is 0 Å². The molecule has 2 unspecified atom stereocenters. The highest BCUT2D eigenvalue weighted by Crippen LogP contribution is 2.43. The highest BCUT2D eigenvalue weighted by molar-refractivity contribution is 6.21. The van der Waals surface area contributed by atoms with Crippen molar-refractivity contribution in [2.45, 2.75) is 50.8 Å². The summed E-state index contributed by atoms with van der Waals surface area (Å²) in [6, 6.07) is 8.47. The Labute approximate surface area is 127 Å². The van der Waals surface area contributed by atoms with Gasteiger partial charge in [0.05, 0.1) is 12.0 Å². The molecule has 0 radical (unpaired) electrons. The molecule has 1 heterocycles. The van der Waals surface area contributed by atoms with Crippen LogP contribution < -0.4 is 4.74 Å². The quantitative estimate of drug-likeness (QED) is 0.531. The molecule has 0 saturated carbocycles. The van der Waals surface area contributed by atoms with Crippen molar-refractivity contribution in [3.63, 3.8) is 0 Å². The van der Waals surface area contributed by atoms with E-state index in [0.717, 1.165) is 31.6 Å².